The molecule has 1 aliphatic rings. The molecule has 0 fully saturated rings. The molecule has 0 aromatic heterocycles. The number of benzene rings is 1. The molecule has 0 amide bonds. The van der Waals surface area contributed by atoms with E-state index in [2.05, 4.69) is 6.92 Å². The first kappa shape index (κ1) is 11.2. The Bertz CT molecular complexity index is 291. The Labute approximate surface area is 86.2 Å². The Kier molecular flexibility index (Phi) is 4.12. The van der Waals surface area contributed by atoms with Gasteiger partial charge in [0, 0.05) is 0 Å². The minimum Gasteiger partial charge on any atom is -0.207 e. The van der Waals surface area contributed by atoms with Crippen molar-refractivity contribution in [3.8, 4) is 0 Å². The average molecular weight is 194 g/mol. The smallest absolute Gasteiger partial charge is 0.123 e. The van der Waals surface area contributed by atoms with E-state index >= 15 is 0 Å². The van der Waals surface area contributed by atoms with Crippen LogP contribution in [0.5, 0.6) is 0 Å². The average Bonchev–Trinajstić information content (AvgIpc) is 2.20. The molecule has 1 atom stereocenters. The molecule has 2 rings (SSSR count). The molecule has 1 heteroatoms. The predicted octanol–water partition coefficient (Wildman–Crippen LogP) is 3.98. The lowest BCUT2D eigenvalue weighted by Gasteiger charge is -2.20. The largest absolute Gasteiger partial charge is 0.207 e. The summed E-state index contributed by atoms with van der Waals surface area (Å²) in [5, 5.41) is 0. The summed E-state index contributed by atoms with van der Waals surface area (Å²) in [6.45, 7) is 6.23. The summed E-state index contributed by atoms with van der Waals surface area (Å²) in [4.78, 5) is 0. The van der Waals surface area contributed by atoms with Gasteiger partial charge in [-0.3, -0.25) is 0 Å². The minimum atomic E-state index is -0.0946. The van der Waals surface area contributed by atoms with E-state index in [1.165, 1.54) is 17.5 Å². The SMILES string of the molecule is CC.C[C@H]1CCc2ccc(F)cc2C1. The Morgan fingerprint density at radius 3 is 2.64 bits per heavy atom. The van der Waals surface area contributed by atoms with Gasteiger partial charge in [0.15, 0.2) is 0 Å². The van der Waals surface area contributed by atoms with Crippen molar-refractivity contribution in [2.45, 2.75) is 40.0 Å². The molecule has 1 aromatic rings. The second-order valence-electron chi connectivity index (χ2n) is 3.76. The number of aryl methyl sites for hydroxylation is 1. The highest BCUT2D eigenvalue weighted by atomic mass is 19.1. The normalized spacial score (nSPS) is 19.3. The van der Waals surface area contributed by atoms with Gasteiger partial charge in [0.05, 0.1) is 0 Å². The van der Waals surface area contributed by atoms with E-state index in [4.69, 9.17) is 0 Å². The van der Waals surface area contributed by atoms with Gasteiger partial charge in [-0.1, -0.05) is 26.8 Å². The number of halogens is 1. The van der Waals surface area contributed by atoms with Crippen LogP contribution < -0.4 is 0 Å². The van der Waals surface area contributed by atoms with Crippen LogP contribution in [0.3, 0.4) is 0 Å². The monoisotopic (exact) mass is 194 g/mol. The zero-order valence-corrected chi connectivity index (χ0v) is 9.31. The van der Waals surface area contributed by atoms with Gasteiger partial charge in [0.1, 0.15) is 5.82 Å². The summed E-state index contributed by atoms with van der Waals surface area (Å²) >= 11 is 0. The third kappa shape index (κ3) is 2.57. The molecule has 1 aromatic carbocycles. The molecule has 78 valence electrons. The van der Waals surface area contributed by atoms with E-state index in [-0.39, 0.29) is 5.82 Å². The van der Waals surface area contributed by atoms with Gasteiger partial charge in [-0.25, -0.2) is 4.39 Å². The molecule has 0 spiro atoms. The molecule has 0 aliphatic heterocycles. The second-order valence-corrected chi connectivity index (χ2v) is 3.76. The molecule has 0 saturated carbocycles. The molecule has 0 nitrogen and oxygen atoms in total. The Morgan fingerprint density at radius 2 is 1.93 bits per heavy atom. The van der Waals surface area contributed by atoms with Gasteiger partial charge in [0.25, 0.3) is 0 Å². The molecule has 0 unspecified atom stereocenters. The van der Waals surface area contributed by atoms with Crippen LogP contribution in [0.15, 0.2) is 18.2 Å². The molecular formula is C13H19F. The third-order valence-electron chi connectivity index (χ3n) is 2.64. The summed E-state index contributed by atoms with van der Waals surface area (Å²) in [6, 6.07) is 5.18. The van der Waals surface area contributed by atoms with Crippen molar-refractivity contribution < 1.29 is 4.39 Å². The zero-order chi connectivity index (χ0) is 10.6. The maximum Gasteiger partial charge on any atom is 0.123 e. The Balaban J connectivity index is 0.000000461. The van der Waals surface area contributed by atoms with E-state index in [0.29, 0.717) is 0 Å². The summed E-state index contributed by atoms with van der Waals surface area (Å²) in [5.41, 5.74) is 2.56. The van der Waals surface area contributed by atoms with Crippen LogP contribution in [-0.4, -0.2) is 0 Å². The Morgan fingerprint density at radius 1 is 1.21 bits per heavy atom. The molecule has 0 radical (unpaired) electrons. The number of rotatable bonds is 0. The van der Waals surface area contributed by atoms with E-state index in [9.17, 15) is 4.39 Å². The van der Waals surface area contributed by atoms with E-state index in [0.717, 1.165) is 18.8 Å². The van der Waals surface area contributed by atoms with Crippen LogP contribution in [0, 0.1) is 11.7 Å². The van der Waals surface area contributed by atoms with Crippen LogP contribution in [-0.2, 0) is 12.8 Å². The number of hydrogen-bond donors (Lipinski definition) is 0. The van der Waals surface area contributed by atoms with Crippen molar-refractivity contribution in [1.29, 1.82) is 0 Å². The fraction of sp³-hybridized carbons (Fsp3) is 0.538. The molecule has 0 saturated heterocycles. The quantitative estimate of drug-likeness (QED) is 0.586. The molecule has 14 heavy (non-hydrogen) atoms. The van der Waals surface area contributed by atoms with Crippen molar-refractivity contribution in [2.75, 3.05) is 0 Å². The predicted molar refractivity (Wildman–Crippen MR) is 58.9 cm³/mol. The first-order valence-corrected chi connectivity index (χ1v) is 5.53. The summed E-state index contributed by atoms with van der Waals surface area (Å²) in [6.07, 6.45) is 3.42. The summed E-state index contributed by atoms with van der Waals surface area (Å²) < 4.78 is 12.8. The van der Waals surface area contributed by atoms with Crippen molar-refractivity contribution in [1.82, 2.24) is 0 Å². The lowest BCUT2D eigenvalue weighted by Crippen LogP contribution is -2.11. The Hall–Kier alpha value is -0.850. The maximum atomic E-state index is 12.8. The third-order valence-corrected chi connectivity index (χ3v) is 2.64. The molecule has 0 bridgehead atoms. The van der Waals surface area contributed by atoms with Gasteiger partial charge in [-0.2, -0.15) is 0 Å². The molecule has 0 heterocycles. The van der Waals surface area contributed by atoms with Crippen molar-refractivity contribution >= 4 is 0 Å². The van der Waals surface area contributed by atoms with Gasteiger partial charge >= 0.3 is 0 Å². The van der Waals surface area contributed by atoms with Gasteiger partial charge in [-0.05, 0) is 48.4 Å². The van der Waals surface area contributed by atoms with Crippen LogP contribution in [0.4, 0.5) is 4.39 Å². The lowest BCUT2D eigenvalue weighted by atomic mass is 9.85. The zero-order valence-electron chi connectivity index (χ0n) is 9.31. The van der Waals surface area contributed by atoms with E-state index in [1.54, 1.807) is 12.1 Å². The molecule has 1 aliphatic carbocycles. The molecule has 0 N–H and O–H groups in total. The van der Waals surface area contributed by atoms with Gasteiger partial charge < -0.3 is 0 Å². The van der Waals surface area contributed by atoms with Crippen molar-refractivity contribution in [2.24, 2.45) is 5.92 Å². The van der Waals surface area contributed by atoms with E-state index < -0.39 is 0 Å². The fourth-order valence-electron chi connectivity index (χ4n) is 1.91. The first-order chi connectivity index (χ1) is 6.75. The second kappa shape index (κ2) is 5.14. The van der Waals surface area contributed by atoms with Crippen LogP contribution >= 0.6 is 0 Å². The molecular weight excluding hydrogens is 175 g/mol. The first-order valence-electron chi connectivity index (χ1n) is 5.53. The minimum absolute atomic E-state index is 0.0946. The van der Waals surface area contributed by atoms with Gasteiger partial charge in [0.2, 0.25) is 0 Å². The highest BCUT2D eigenvalue weighted by Gasteiger charge is 2.14. The van der Waals surface area contributed by atoms with Crippen LogP contribution in [0.2, 0.25) is 0 Å². The highest BCUT2D eigenvalue weighted by molar-refractivity contribution is 5.30. The maximum absolute atomic E-state index is 12.8. The van der Waals surface area contributed by atoms with Crippen LogP contribution in [0.25, 0.3) is 0 Å². The summed E-state index contributed by atoms with van der Waals surface area (Å²) in [7, 11) is 0. The van der Waals surface area contributed by atoms with E-state index in [1.807, 2.05) is 19.9 Å². The topological polar surface area (TPSA) is 0 Å². The standard InChI is InChI=1S/C11H13F.C2H6/c1-8-2-3-9-4-5-11(12)7-10(9)6-8;1-2/h4-5,7-8H,2-3,6H2,1H3;1-2H3/t8-;/m0./s1. The van der Waals surface area contributed by atoms with Gasteiger partial charge in [-0.15, -0.1) is 0 Å². The fourth-order valence-corrected chi connectivity index (χ4v) is 1.91. The highest BCUT2D eigenvalue weighted by Crippen LogP contribution is 2.25. The van der Waals surface area contributed by atoms with Crippen molar-refractivity contribution in [3.63, 3.8) is 0 Å². The number of fused-ring (bicyclic) bond motifs is 1. The number of hydrogen-bond acceptors (Lipinski definition) is 0. The lowest BCUT2D eigenvalue weighted by molar-refractivity contribution is 0.497. The summed E-state index contributed by atoms with van der Waals surface area (Å²) in [5.74, 6) is 0.627. The van der Waals surface area contributed by atoms with Crippen LogP contribution in [0.1, 0.15) is 38.3 Å². The van der Waals surface area contributed by atoms with Crippen molar-refractivity contribution in [3.05, 3.63) is 35.1 Å².